The largest absolute Gasteiger partial charge is 0.481 e. The van der Waals surface area contributed by atoms with E-state index < -0.39 is 5.97 Å². The van der Waals surface area contributed by atoms with E-state index in [1.807, 2.05) is 6.08 Å². The summed E-state index contributed by atoms with van der Waals surface area (Å²) in [6.45, 7) is 6.88. The van der Waals surface area contributed by atoms with Crippen LogP contribution in [0.2, 0.25) is 0 Å². The summed E-state index contributed by atoms with van der Waals surface area (Å²) >= 11 is 0. The van der Waals surface area contributed by atoms with E-state index in [1.165, 1.54) is 11.1 Å². The predicted octanol–water partition coefficient (Wildman–Crippen LogP) is 4.61. The summed E-state index contributed by atoms with van der Waals surface area (Å²) in [6, 6.07) is 0. The molecule has 3 unspecified atom stereocenters. The maximum absolute atomic E-state index is 12.3. The van der Waals surface area contributed by atoms with E-state index in [4.69, 9.17) is 5.11 Å². The van der Waals surface area contributed by atoms with Crippen molar-refractivity contribution in [2.45, 2.75) is 84.5 Å². The molecule has 31 heavy (non-hydrogen) atoms. The zero-order chi connectivity index (χ0) is 22.2. The summed E-state index contributed by atoms with van der Waals surface area (Å²) in [4.78, 5) is 23.4. The molecule has 7 nitrogen and oxygen atoms in total. The number of fused-ring (bicyclic) bond motifs is 3. The van der Waals surface area contributed by atoms with Crippen molar-refractivity contribution in [3.63, 3.8) is 0 Å². The molecule has 1 saturated carbocycles. The number of nitrogens with zero attached hydrogens (tertiary/aromatic N) is 3. The average molecular weight is 427 g/mol. The number of carbonyl (C=O) groups is 2. The molecule has 2 N–H and O–H groups in total. The van der Waals surface area contributed by atoms with Crippen molar-refractivity contribution in [2.24, 2.45) is 22.7 Å². The van der Waals surface area contributed by atoms with Gasteiger partial charge in [-0.25, -0.2) is 0 Å². The number of tetrazole rings is 1. The monoisotopic (exact) mass is 426 g/mol. The smallest absolute Gasteiger partial charge is 0.303 e. The summed E-state index contributed by atoms with van der Waals surface area (Å²) in [5, 5.41) is 24.4. The number of aromatic nitrogens is 4. The van der Waals surface area contributed by atoms with E-state index >= 15 is 0 Å². The summed E-state index contributed by atoms with van der Waals surface area (Å²) in [7, 11) is 0. The summed E-state index contributed by atoms with van der Waals surface area (Å²) in [5.74, 6) is 1.03. The van der Waals surface area contributed by atoms with Gasteiger partial charge in [0.2, 0.25) is 0 Å². The number of nitrogens with one attached hydrogen (secondary N) is 1. The van der Waals surface area contributed by atoms with Crippen molar-refractivity contribution in [1.29, 1.82) is 0 Å². The SMILES string of the molecule is CCCC1C2C(=CCC1(C)CCCC(=O)O)[C@@]1(C)CCC(=O)C=C1C[C@H]2c1nn[nH]n1. The number of carbonyl (C=O) groups excluding carboxylic acids is 1. The maximum Gasteiger partial charge on any atom is 0.303 e. The standard InChI is InChI=1S/C24H34N4O3/c1-4-6-18-21-17(22-25-27-28-26-22)14-15-13-16(29)8-12-24(15,3)19(21)9-11-23(18,2)10-5-7-20(30)31/h9,13,17-18,21H,4-8,10-12,14H2,1-3H3,(H,30,31)(H,25,26,27,28)/t17-,18?,21?,23?,24+/m1/s1. The van der Waals surface area contributed by atoms with Gasteiger partial charge in [-0.3, -0.25) is 9.59 Å². The first-order valence-electron chi connectivity index (χ1n) is 11.7. The Hall–Kier alpha value is -2.31. The Morgan fingerprint density at radius 1 is 1.35 bits per heavy atom. The van der Waals surface area contributed by atoms with Crippen molar-refractivity contribution in [3.05, 3.63) is 29.1 Å². The molecule has 5 atom stereocenters. The third-order valence-corrected chi connectivity index (χ3v) is 8.33. The number of aromatic amines is 1. The van der Waals surface area contributed by atoms with Crippen LogP contribution in [0, 0.1) is 22.7 Å². The Balaban J connectivity index is 1.78. The van der Waals surface area contributed by atoms with Gasteiger partial charge in [-0.05, 0) is 61.9 Å². The highest BCUT2D eigenvalue weighted by molar-refractivity contribution is 5.92. The lowest BCUT2D eigenvalue weighted by Gasteiger charge is -2.56. The van der Waals surface area contributed by atoms with Crippen LogP contribution in [0.5, 0.6) is 0 Å². The molecule has 1 aromatic heterocycles. The van der Waals surface area contributed by atoms with Crippen molar-refractivity contribution in [1.82, 2.24) is 20.6 Å². The number of aliphatic carboxylic acids is 1. The second-order valence-electron chi connectivity index (χ2n) is 10.2. The van der Waals surface area contributed by atoms with Crippen LogP contribution in [0.15, 0.2) is 23.3 Å². The molecule has 0 aliphatic heterocycles. The molecular formula is C24H34N4O3. The minimum absolute atomic E-state index is 0.0453. The molecule has 4 rings (SSSR count). The molecule has 0 aromatic carbocycles. The highest BCUT2D eigenvalue weighted by Crippen LogP contribution is 2.64. The minimum Gasteiger partial charge on any atom is -0.481 e. The number of H-pyrrole nitrogens is 1. The number of allylic oxidation sites excluding steroid dienone is 4. The Kier molecular flexibility index (Phi) is 5.88. The first-order chi connectivity index (χ1) is 14.8. The van der Waals surface area contributed by atoms with Gasteiger partial charge in [0.15, 0.2) is 11.6 Å². The number of carboxylic acid groups (broad SMARTS) is 1. The first kappa shape index (κ1) is 21.9. The molecule has 0 radical (unpaired) electrons. The summed E-state index contributed by atoms with van der Waals surface area (Å²) in [6.07, 6.45) is 11.5. The molecule has 0 spiro atoms. The molecule has 0 amide bonds. The number of carboxylic acids is 1. The van der Waals surface area contributed by atoms with Crippen LogP contribution >= 0.6 is 0 Å². The van der Waals surface area contributed by atoms with E-state index in [9.17, 15) is 9.59 Å². The van der Waals surface area contributed by atoms with Crippen LogP contribution in [-0.4, -0.2) is 37.5 Å². The van der Waals surface area contributed by atoms with E-state index in [0.29, 0.717) is 18.8 Å². The van der Waals surface area contributed by atoms with E-state index in [0.717, 1.165) is 44.3 Å². The third-order valence-electron chi connectivity index (χ3n) is 8.33. The number of hydrogen-bond acceptors (Lipinski definition) is 5. The van der Waals surface area contributed by atoms with Gasteiger partial charge in [-0.15, -0.1) is 10.2 Å². The van der Waals surface area contributed by atoms with Crippen LogP contribution in [0.4, 0.5) is 0 Å². The Bertz CT molecular complexity index is 906. The van der Waals surface area contributed by atoms with Crippen LogP contribution in [-0.2, 0) is 9.59 Å². The van der Waals surface area contributed by atoms with Gasteiger partial charge in [0, 0.05) is 24.2 Å². The third kappa shape index (κ3) is 3.87. The molecular weight excluding hydrogens is 392 g/mol. The normalized spacial score (nSPS) is 35.1. The molecule has 0 saturated heterocycles. The fourth-order valence-electron chi connectivity index (χ4n) is 6.66. The molecule has 1 heterocycles. The van der Waals surface area contributed by atoms with Crippen molar-refractivity contribution < 1.29 is 14.7 Å². The van der Waals surface area contributed by atoms with Crippen molar-refractivity contribution >= 4 is 11.8 Å². The topological polar surface area (TPSA) is 109 Å². The lowest BCUT2D eigenvalue weighted by atomic mass is 9.47. The average Bonchev–Trinajstić information content (AvgIpc) is 3.25. The molecule has 3 aliphatic carbocycles. The van der Waals surface area contributed by atoms with Gasteiger partial charge in [0.1, 0.15) is 0 Å². The summed E-state index contributed by atoms with van der Waals surface area (Å²) < 4.78 is 0. The van der Waals surface area contributed by atoms with Gasteiger partial charge in [0.05, 0.1) is 0 Å². The lowest BCUT2D eigenvalue weighted by Crippen LogP contribution is -2.48. The first-order valence-corrected chi connectivity index (χ1v) is 11.7. The predicted molar refractivity (Wildman–Crippen MR) is 116 cm³/mol. The van der Waals surface area contributed by atoms with Crippen LogP contribution < -0.4 is 0 Å². The fourth-order valence-corrected chi connectivity index (χ4v) is 6.66. The molecule has 168 valence electrons. The Labute approximate surface area is 183 Å². The molecule has 3 aliphatic rings. The summed E-state index contributed by atoms with van der Waals surface area (Å²) in [5.41, 5.74) is 2.63. The molecule has 1 fully saturated rings. The van der Waals surface area contributed by atoms with Gasteiger partial charge in [-0.2, -0.15) is 5.21 Å². The number of ketones is 1. The Morgan fingerprint density at radius 2 is 2.16 bits per heavy atom. The Morgan fingerprint density at radius 3 is 2.84 bits per heavy atom. The zero-order valence-electron chi connectivity index (χ0n) is 18.9. The second kappa shape index (κ2) is 8.32. The minimum atomic E-state index is -0.723. The van der Waals surface area contributed by atoms with Gasteiger partial charge in [0.25, 0.3) is 0 Å². The number of rotatable bonds is 7. The molecule has 1 aromatic rings. The van der Waals surface area contributed by atoms with Crippen molar-refractivity contribution in [3.8, 4) is 0 Å². The van der Waals surface area contributed by atoms with E-state index in [1.54, 1.807) is 0 Å². The maximum atomic E-state index is 12.3. The molecule has 0 bridgehead atoms. The van der Waals surface area contributed by atoms with Crippen LogP contribution in [0.25, 0.3) is 0 Å². The van der Waals surface area contributed by atoms with Crippen LogP contribution in [0.1, 0.15) is 90.3 Å². The number of hydrogen-bond donors (Lipinski definition) is 2. The highest BCUT2D eigenvalue weighted by atomic mass is 16.4. The highest BCUT2D eigenvalue weighted by Gasteiger charge is 2.55. The van der Waals surface area contributed by atoms with Gasteiger partial charge < -0.3 is 5.11 Å². The van der Waals surface area contributed by atoms with E-state index in [2.05, 4.69) is 47.5 Å². The lowest BCUT2D eigenvalue weighted by molar-refractivity contribution is -0.137. The second-order valence-corrected chi connectivity index (χ2v) is 10.2. The quantitative estimate of drug-likeness (QED) is 0.617. The molecule has 7 heteroatoms. The van der Waals surface area contributed by atoms with Crippen molar-refractivity contribution in [2.75, 3.05) is 0 Å². The van der Waals surface area contributed by atoms with Gasteiger partial charge >= 0.3 is 5.97 Å². The zero-order valence-corrected chi connectivity index (χ0v) is 18.9. The van der Waals surface area contributed by atoms with E-state index in [-0.39, 0.29) is 34.9 Å². The fraction of sp³-hybridized carbons (Fsp3) is 0.708. The van der Waals surface area contributed by atoms with Gasteiger partial charge in [-0.1, -0.05) is 49.6 Å². The van der Waals surface area contributed by atoms with Crippen LogP contribution in [0.3, 0.4) is 0 Å².